The number of nitrogens with one attached hydrogen (secondary N) is 1. The van der Waals surface area contributed by atoms with Crippen molar-refractivity contribution in [1.82, 2.24) is 5.32 Å². The van der Waals surface area contributed by atoms with E-state index in [-0.39, 0.29) is 5.91 Å². The van der Waals surface area contributed by atoms with Crippen molar-refractivity contribution < 1.29 is 4.79 Å². The summed E-state index contributed by atoms with van der Waals surface area (Å²) in [6.07, 6.45) is 4.19. The maximum Gasteiger partial charge on any atom is 0.223 e. The van der Waals surface area contributed by atoms with Crippen LogP contribution in [-0.2, 0) is 4.79 Å². The van der Waals surface area contributed by atoms with Crippen molar-refractivity contribution in [2.45, 2.75) is 25.7 Å². The molecule has 1 rings (SSSR count). The summed E-state index contributed by atoms with van der Waals surface area (Å²) in [7, 11) is 0. The number of hydrogen-bond acceptors (Lipinski definition) is 2. The Morgan fingerprint density at radius 3 is 2.73 bits per heavy atom. The van der Waals surface area contributed by atoms with E-state index in [1.54, 1.807) is 0 Å². The number of carbonyl (C=O) groups is 1. The van der Waals surface area contributed by atoms with E-state index in [2.05, 4.69) is 5.32 Å². The molecule has 0 aromatic carbocycles. The van der Waals surface area contributed by atoms with Gasteiger partial charge in [0.1, 0.15) is 0 Å². The fourth-order valence-electron chi connectivity index (χ4n) is 0.971. The molecule has 0 atom stereocenters. The molecule has 3 N–H and O–H groups in total. The summed E-state index contributed by atoms with van der Waals surface area (Å²) >= 11 is 0. The van der Waals surface area contributed by atoms with E-state index >= 15 is 0 Å². The zero-order chi connectivity index (χ0) is 8.10. The number of nitrogens with two attached hydrogens (primary N) is 1. The monoisotopic (exact) mass is 156 g/mol. The van der Waals surface area contributed by atoms with Crippen LogP contribution in [0.2, 0.25) is 0 Å². The first-order chi connectivity index (χ1) is 5.34. The van der Waals surface area contributed by atoms with Crippen LogP contribution in [0.25, 0.3) is 0 Å². The van der Waals surface area contributed by atoms with Crippen molar-refractivity contribution in [2.75, 3.05) is 13.1 Å². The first kappa shape index (κ1) is 8.53. The fraction of sp³-hybridized carbons (Fsp3) is 0.875. The van der Waals surface area contributed by atoms with Crippen LogP contribution in [0.15, 0.2) is 0 Å². The molecule has 0 heterocycles. The number of unbranched alkanes of at least 4 members (excludes halogenated alkanes) is 1. The van der Waals surface area contributed by atoms with Gasteiger partial charge in [-0.2, -0.15) is 0 Å². The van der Waals surface area contributed by atoms with Crippen LogP contribution in [0.4, 0.5) is 0 Å². The molecule has 0 unspecified atom stereocenters. The van der Waals surface area contributed by atoms with Gasteiger partial charge in [-0.3, -0.25) is 4.79 Å². The predicted octanol–water partition coefficient (Wildman–Crippen LogP) is 0.251. The molecule has 1 aliphatic rings. The average Bonchev–Trinajstić information content (AvgIpc) is 2.79. The third kappa shape index (κ3) is 3.37. The summed E-state index contributed by atoms with van der Waals surface area (Å²) < 4.78 is 0. The van der Waals surface area contributed by atoms with E-state index < -0.39 is 0 Å². The molecule has 1 aliphatic carbocycles. The van der Waals surface area contributed by atoms with E-state index in [1.807, 2.05) is 0 Å². The zero-order valence-electron chi connectivity index (χ0n) is 6.81. The van der Waals surface area contributed by atoms with E-state index in [1.165, 1.54) is 0 Å². The van der Waals surface area contributed by atoms with Crippen LogP contribution < -0.4 is 11.1 Å². The molecule has 0 radical (unpaired) electrons. The SMILES string of the molecule is NCCCCNC(=O)C1CC1. The lowest BCUT2D eigenvalue weighted by molar-refractivity contribution is -0.122. The van der Waals surface area contributed by atoms with Crippen LogP contribution >= 0.6 is 0 Å². The smallest absolute Gasteiger partial charge is 0.223 e. The van der Waals surface area contributed by atoms with Crippen LogP contribution in [0.1, 0.15) is 25.7 Å². The molecule has 64 valence electrons. The predicted molar refractivity (Wildman–Crippen MR) is 44.0 cm³/mol. The molecule has 0 aromatic rings. The summed E-state index contributed by atoms with van der Waals surface area (Å²) in [6.45, 7) is 1.52. The van der Waals surface area contributed by atoms with Crippen molar-refractivity contribution in [2.24, 2.45) is 11.7 Å². The van der Waals surface area contributed by atoms with Crippen LogP contribution in [0, 0.1) is 5.92 Å². The largest absolute Gasteiger partial charge is 0.356 e. The minimum Gasteiger partial charge on any atom is -0.356 e. The van der Waals surface area contributed by atoms with Gasteiger partial charge in [-0.25, -0.2) is 0 Å². The Morgan fingerprint density at radius 1 is 1.45 bits per heavy atom. The summed E-state index contributed by atoms with van der Waals surface area (Å²) in [6, 6.07) is 0. The minimum atomic E-state index is 0.238. The average molecular weight is 156 g/mol. The van der Waals surface area contributed by atoms with Gasteiger partial charge in [0.05, 0.1) is 0 Å². The highest BCUT2D eigenvalue weighted by atomic mass is 16.2. The van der Waals surface area contributed by atoms with Gasteiger partial charge in [0.25, 0.3) is 0 Å². The maximum absolute atomic E-state index is 11.0. The van der Waals surface area contributed by atoms with Crippen molar-refractivity contribution >= 4 is 5.91 Å². The molecule has 1 amide bonds. The van der Waals surface area contributed by atoms with Gasteiger partial charge < -0.3 is 11.1 Å². The third-order valence-corrected chi connectivity index (χ3v) is 1.88. The number of hydrogen-bond donors (Lipinski definition) is 2. The molecule has 3 heteroatoms. The Kier molecular flexibility index (Phi) is 3.36. The molecule has 0 saturated heterocycles. The second-order valence-electron chi connectivity index (χ2n) is 3.06. The third-order valence-electron chi connectivity index (χ3n) is 1.88. The standard InChI is InChI=1S/C8H16N2O/c9-5-1-2-6-10-8(11)7-3-4-7/h7H,1-6,9H2,(H,10,11). The molecule has 0 bridgehead atoms. The lowest BCUT2D eigenvalue weighted by Gasteiger charge is -2.01. The van der Waals surface area contributed by atoms with Crippen LogP contribution in [-0.4, -0.2) is 19.0 Å². The highest BCUT2D eigenvalue weighted by Gasteiger charge is 2.28. The van der Waals surface area contributed by atoms with Gasteiger partial charge >= 0.3 is 0 Å². The number of rotatable bonds is 5. The highest BCUT2D eigenvalue weighted by Crippen LogP contribution is 2.28. The number of amides is 1. The molecule has 3 nitrogen and oxygen atoms in total. The molecular weight excluding hydrogens is 140 g/mol. The Balaban J connectivity index is 1.89. The zero-order valence-corrected chi connectivity index (χ0v) is 6.81. The topological polar surface area (TPSA) is 55.1 Å². The Hall–Kier alpha value is -0.570. The summed E-state index contributed by atoms with van der Waals surface area (Å²) in [5, 5.41) is 2.88. The Labute approximate surface area is 67.3 Å². The molecule has 1 saturated carbocycles. The maximum atomic E-state index is 11.0. The molecule has 0 spiro atoms. The first-order valence-electron chi connectivity index (χ1n) is 4.32. The molecular formula is C8H16N2O. The van der Waals surface area contributed by atoms with Crippen molar-refractivity contribution in [1.29, 1.82) is 0 Å². The Morgan fingerprint density at radius 2 is 2.18 bits per heavy atom. The van der Waals surface area contributed by atoms with Crippen molar-refractivity contribution in [3.05, 3.63) is 0 Å². The molecule has 1 fully saturated rings. The molecule has 0 aliphatic heterocycles. The second kappa shape index (κ2) is 4.34. The van der Waals surface area contributed by atoms with E-state index in [0.29, 0.717) is 5.92 Å². The van der Waals surface area contributed by atoms with Crippen LogP contribution in [0.3, 0.4) is 0 Å². The lowest BCUT2D eigenvalue weighted by Crippen LogP contribution is -2.26. The van der Waals surface area contributed by atoms with Gasteiger partial charge in [-0.05, 0) is 32.2 Å². The van der Waals surface area contributed by atoms with Gasteiger partial charge in [-0.15, -0.1) is 0 Å². The Bertz CT molecular complexity index is 132. The summed E-state index contributed by atoms with van der Waals surface area (Å²) in [5.41, 5.74) is 5.30. The second-order valence-corrected chi connectivity index (χ2v) is 3.06. The van der Waals surface area contributed by atoms with E-state index in [9.17, 15) is 4.79 Å². The fourth-order valence-corrected chi connectivity index (χ4v) is 0.971. The van der Waals surface area contributed by atoms with Crippen molar-refractivity contribution in [3.8, 4) is 0 Å². The number of carbonyl (C=O) groups excluding carboxylic acids is 1. The highest BCUT2D eigenvalue weighted by molar-refractivity contribution is 5.80. The first-order valence-corrected chi connectivity index (χ1v) is 4.32. The summed E-state index contributed by atoms with van der Waals surface area (Å²) in [5.74, 6) is 0.579. The quantitative estimate of drug-likeness (QED) is 0.561. The summed E-state index contributed by atoms with van der Waals surface area (Å²) in [4.78, 5) is 11.0. The van der Waals surface area contributed by atoms with E-state index in [4.69, 9.17) is 5.73 Å². The van der Waals surface area contributed by atoms with E-state index in [0.717, 1.165) is 38.8 Å². The lowest BCUT2D eigenvalue weighted by atomic mass is 10.3. The molecule has 0 aromatic heterocycles. The minimum absolute atomic E-state index is 0.238. The van der Waals surface area contributed by atoms with Gasteiger partial charge in [-0.1, -0.05) is 0 Å². The van der Waals surface area contributed by atoms with Crippen molar-refractivity contribution in [3.63, 3.8) is 0 Å². The van der Waals surface area contributed by atoms with Gasteiger partial charge in [0, 0.05) is 12.5 Å². The van der Waals surface area contributed by atoms with Crippen LogP contribution in [0.5, 0.6) is 0 Å². The normalized spacial score (nSPS) is 16.5. The van der Waals surface area contributed by atoms with Gasteiger partial charge in [0.2, 0.25) is 5.91 Å². The van der Waals surface area contributed by atoms with Gasteiger partial charge in [0.15, 0.2) is 0 Å². The molecule has 11 heavy (non-hydrogen) atoms.